The minimum Gasteiger partial charge on any atom is -0.493 e. The van der Waals surface area contributed by atoms with Crippen molar-refractivity contribution in [3.63, 3.8) is 0 Å². The Labute approximate surface area is 184 Å². The van der Waals surface area contributed by atoms with Gasteiger partial charge in [-0.3, -0.25) is 9.40 Å². The van der Waals surface area contributed by atoms with Crippen molar-refractivity contribution in [1.82, 2.24) is 9.78 Å². The molecule has 0 aliphatic heterocycles. The van der Waals surface area contributed by atoms with E-state index in [1.807, 2.05) is 30.3 Å². The van der Waals surface area contributed by atoms with Gasteiger partial charge in [-0.25, -0.2) is 8.42 Å². The highest BCUT2D eigenvalue weighted by Crippen LogP contribution is 2.31. The maximum atomic E-state index is 12.8. The van der Waals surface area contributed by atoms with Crippen LogP contribution in [-0.2, 0) is 22.0 Å². The van der Waals surface area contributed by atoms with Crippen molar-refractivity contribution in [2.75, 3.05) is 18.9 Å². The zero-order valence-electron chi connectivity index (χ0n) is 18.5. The second-order valence-corrected chi connectivity index (χ2v) is 9.63. The second-order valence-electron chi connectivity index (χ2n) is 7.95. The third-order valence-electron chi connectivity index (χ3n) is 5.53. The van der Waals surface area contributed by atoms with Crippen LogP contribution in [0, 0.1) is 0 Å². The van der Waals surface area contributed by atoms with E-state index in [4.69, 9.17) is 9.47 Å². The third-order valence-corrected chi connectivity index (χ3v) is 6.93. The number of para-hydroxylation sites is 1. The SMILES string of the molecule is CCC(C)(C)c1ccc(S(=O)(=O)Nc2cnn(Cc3cccc(OC)c3OC)c2)cc1. The maximum Gasteiger partial charge on any atom is 0.261 e. The largest absolute Gasteiger partial charge is 0.493 e. The lowest BCUT2D eigenvalue weighted by molar-refractivity contribution is 0.350. The minimum absolute atomic E-state index is 0.00195. The molecule has 1 heterocycles. The van der Waals surface area contributed by atoms with Gasteiger partial charge in [0.25, 0.3) is 10.0 Å². The number of ether oxygens (including phenoxy) is 2. The van der Waals surface area contributed by atoms with Crippen molar-refractivity contribution in [1.29, 1.82) is 0 Å². The number of nitrogens with one attached hydrogen (secondary N) is 1. The first-order chi connectivity index (χ1) is 14.7. The number of aromatic nitrogens is 2. The van der Waals surface area contributed by atoms with E-state index < -0.39 is 10.0 Å². The molecular formula is C23H29N3O4S. The highest BCUT2D eigenvalue weighted by molar-refractivity contribution is 7.92. The van der Waals surface area contributed by atoms with Gasteiger partial charge in [-0.15, -0.1) is 0 Å². The summed E-state index contributed by atoms with van der Waals surface area (Å²) in [5, 5.41) is 4.27. The lowest BCUT2D eigenvalue weighted by Crippen LogP contribution is -2.16. The molecule has 0 atom stereocenters. The number of anilines is 1. The van der Waals surface area contributed by atoms with Gasteiger partial charge >= 0.3 is 0 Å². The molecular weight excluding hydrogens is 414 g/mol. The van der Waals surface area contributed by atoms with Crippen LogP contribution in [0.4, 0.5) is 5.69 Å². The molecule has 0 fully saturated rings. The quantitative estimate of drug-likeness (QED) is 0.529. The fourth-order valence-electron chi connectivity index (χ4n) is 3.26. The van der Waals surface area contributed by atoms with E-state index in [-0.39, 0.29) is 10.3 Å². The van der Waals surface area contributed by atoms with Crippen LogP contribution in [-0.4, -0.2) is 32.4 Å². The molecule has 31 heavy (non-hydrogen) atoms. The summed E-state index contributed by atoms with van der Waals surface area (Å²) >= 11 is 0. The van der Waals surface area contributed by atoms with Gasteiger partial charge in [-0.05, 0) is 35.6 Å². The Hall–Kier alpha value is -3.00. The molecule has 0 bridgehead atoms. The molecule has 3 rings (SSSR count). The van der Waals surface area contributed by atoms with Crippen LogP contribution < -0.4 is 14.2 Å². The summed E-state index contributed by atoms with van der Waals surface area (Å²) in [6, 6.07) is 12.6. The smallest absolute Gasteiger partial charge is 0.261 e. The van der Waals surface area contributed by atoms with Crippen molar-refractivity contribution in [3.8, 4) is 11.5 Å². The number of benzene rings is 2. The first-order valence-corrected chi connectivity index (χ1v) is 11.5. The summed E-state index contributed by atoms with van der Waals surface area (Å²) in [6.45, 7) is 6.80. The fraction of sp³-hybridized carbons (Fsp3) is 0.348. The number of hydrogen-bond donors (Lipinski definition) is 1. The fourth-order valence-corrected chi connectivity index (χ4v) is 4.29. The average Bonchev–Trinajstić information content (AvgIpc) is 3.19. The number of sulfonamides is 1. The van der Waals surface area contributed by atoms with Gasteiger partial charge in [0.2, 0.25) is 0 Å². The van der Waals surface area contributed by atoms with Crippen LogP contribution >= 0.6 is 0 Å². The normalized spacial score (nSPS) is 11.9. The van der Waals surface area contributed by atoms with E-state index >= 15 is 0 Å². The Balaban J connectivity index is 1.76. The number of methoxy groups -OCH3 is 2. The van der Waals surface area contributed by atoms with Gasteiger partial charge in [0.1, 0.15) is 0 Å². The van der Waals surface area contributed by atoms with Gasteiger partial charge in [0, 0.05) is 11.8 Å². The van der Waals surface area contributed by atoms with Crippen LogP contribution in [0.15, 0.2) is 59.8 Å². The Bertz CT molecular complexity index is 1140. The van der Waals surface area contributed by atoms with Gasteiger partial charge in [-0.1, -0.05) is 45.0 Å². The van der Waals surface area contributed by atoms with E-state index in [1.54, 1.807) is 37.2 Å². The highest BCUT2D eigenvalue weighted by atomic mass is 32.2. The Morgan fingerprint density at radius 1 is 1.06 bits per heavy atom. The molecule has 0 radical (unpaired) electrons. The van der Waals surface area contributed by atoms with E-state index in [0.717, 1.165) is 17.5 Å². The molecule has 1 aromatic heterocycles. The number of nitrogens with zero attached hydrogens (tertiary/aromatic N) is 2. The molecule has 0 unspecified atom stereocenters. The van der Waals surface area contributed by atoms with Gasteiger partial charge in [0.05, 0.1) is 37.5 Å². The molecule has 1 N–H and O–H groups in total. The zero-order valence-corrected chi connectivity index (χ0v) is 19.4. The van der Waals surface area contributed by atoms with Gasteiger partial charge in [-0.2, -0.15) is 5.10 Å². The maximum absolute atomic E-state index is 12.8. The lowest BCUT2D eigenvalue weighted by Gasteiger charge is -2.23. The van der Waals surface area contributed by atoms with E-state index in [9.17, 15) is 8.42 Å². The first kappa shape index (κ1) is 22.7. The monoisotopic (exact) mass is 443 g/mol. The summed E-state index contributed by atoms with van der Waals surface area (Å²) in [6.07, 6.45) is 4.10. The van der Waals surface area contributed by atoms with Crippen LogP contribution in [0.5, 0.6) is 11.5 Å². The van der Waals surface area contributed by atoms with Crippen molar-refractivity contribution >= 4 is 15.7 Å². The van der Waals surface area contributed by atoms with E-state index in [2.05, 4.69) is 30.6 Å². The van der Waals surface area contributed by atoms with Crippen molar-refractivity contribution in [3.05, 3.63) is 66.0 Å². The van der Waals surface area contributed by atoms with Gasteiger partial charge < -0.3 is 9.47 Å². The molecule has 3 aromatic rings. The summed E-state index contributed by atoms with van der Waals surface area (Å²) in [5.41, 5.74) is 2.36. The summed E-state index contributed by atoms with van der Waals surface area (Å²) in [5.74, 6) is 1.25. The lowest BCUT2D eigenvalue weighted by atomic mass is 9.82. The minimum atomic E-state index is -3.71. The first-order valence-electron chi connectivity index (χ1n) is 10.1. The van der Waals surface area contributed by atoms with Crippen molar-refractivity contribution in [2.45, 2.75) is 44.0 Å². The molecule has 0 saturated heterocycles. The molecule has 166 valence electrons. The third kappa shape index (κ3) is 5.02. The Morgan fingerprint density at radius 3 is 2.39 bits per heavy atom. The predicted molar refractivity (Wildman–Crippen MR) is 121 cm³/mol. The summed E-state index contributed by atoms with van der Waals surface area (Å²) in [7, 11) is -0.552. The van der Waals surface area contributed by atoms with E-state index in [0.29, 0.717) is 23.7 Å². The topological polar surface area (TPSA) is 82.5 Å². The summed E-state index contributed by atoms with van der Waals surface area (Å²) in [4.78, 5) is 0.213. The van der Waals surface area contributed by atoms with Crippen LogP contribution in [0.2, 0.25) is 0 Å². The van der Waals surface area contributed by atoms with E-state index in [1.165, 1.54) is 6.20 Å². The molecule has 0 aliphatic rings. The average molecular weight is 444 g/mol. The number of rotatable bonds is 9. The molecule has 7 nitrogen and oxygen atoms in total. The van der Waals surface area contributed by atoms with Crippen molar-refractivity contribution < 1.29 is 17.9 Å². The van der Waals surface area contributed by atoms with Gasteiger partial charge in [0.15, 0.2) is 11.5 Å². The molecule has 0 spiro atoms. The van der Waals surface area contributed by atoms with Crippen LogP contribution in [0.25, 0.3) is 0 Å². The number of hydrogen-bond acceptors (Lipinski definition) is 5. The Kier molecular flexibility index (Phi) is 6.59. The van der Waals surface area contributed by atoms with Crippen LogP contribution in [0.3, 0.4) is 0 Å². The molecule has 0 amide bonds. The molecule has 8 heteroatoms. The summed E-state index contributed by atoms with van der Waals surface area (Å²) < 4.78 is 40.6. The molecule has 2 aromatic carbocycles. The van der Waals surface area contributed by atoms with Crippen LogP contribution in [0.1, 0.15) is 38.3 Å². The predicted octanol–water partition coefficient (Wildman–Crippen LogP) is 4.44. The second kappa shape index (κ2) is 9.01. The Morgan fingerprint density at radius 2 is 1.77 bits per heavy atom. The zero-order chi connectivity index (χ0) is 22.6. The van der Waals surface area contributed by atoms with Crippen molar-refractivity contribution in [2.24, 2.45) is 0 Å². The molecule has 0 saturated carbocycles. The molecule has 0 aliphatic carbocycles. The highest BCUT2D eigenvalue weighted by Gasteiger charge is 2.20. The standard InChI is InChI=1S/C23H29N3O4S/c1-6-23(2,3)18-10-12-20(13-11-18)31(27,28)25-19-14-24-26(16-19)15-17-8-7-9-21(29-4)22(17)30-5/h7-14,16,25H,6,15H2,1-5H3.